The SMILES string of the molecule is Cc1ccc(NC(=O)CC(NCCCN2CCOCC2)C(=O)O)cc1C. The number of hydrogen-bond donors (Lipinski definition) is 3. The van der Waals surface area contributed by atoms with Crippen LogP contribution in [0, 0.1) is 13.8 Å². The highest BCUT2D eigenvalue weighted by atomic mass is 16.5. The third-order valence-corrected chi connectivity index (χ3v) is 4.62. The molecule has 144 valence electrons. The molecule has 1 unspecified atom stereocenters. The number of anilines is 1. The molecule has 1 atom stereocenters. The molecule has 0 spiro atoms. The Balaban J connectivity index is 1.74. The number of ether oxygens (including phenoxy) is 1. The number of carbonyl (C=O) groups is 2. The number of hydrogen-bond acceptors (Lipinski definition) is 5. The van der Waals surface area contributed by atoms with Gasteiger partial charge in [0.25, 0.3) is 0 Å². The van der Waals surface area contributed by atoms with Crippen LogP contribution in [0.1, 0.15) is 24.0 Å². The molecular formula is C19H29N3O4. The molecule has 1 heterocycles. The van der Waals surface area contributed by atoms with Crippen molar-refractivity contribution in [2.24, 2.45) is 0 Å². The summed E-state index contributed by atoms with van der Waals surface area (Å²) < 4.78 is 5.30. The molecule has 0 aromatic heterocycles. The zero-order chi connectivity index (χ0) is 18.9. The maximum Gasteiger partial charge on any atom is 0.321 e. The van der Waals surface area contributed by atoms with E-state index in [9.17, 15) is 14.7 Å². The summed E-state index contributed by atoms with van der Waals surface area (Å²) in [5, 5.41) is 15.1. The molecule has 26 heavy (non-hydrogen) atoms. The second-order valence-corrected chi connectivity index (χ2v) is 6.70. The van der Waals surface area contributed by atoms with Gasteiger partial charge in [-0.2, -0.15) is 0 Å². The first-order valence-corrected chi connectivity index (χ1v) is 9.09. The van der Waals surface area contributed by atoms with Crippen molar-refractivity contribution in [3.63, 3.8) is 0 Å². The van der Waals surface area contributed by atoms with E-state index in [0.717, 1.165) is 50.4 Å². The quantitative estimate of drug-likeness (QED) is 0.575. The summed E-state index contributed by atoms with van der Waals surface area (Å²) in [5.41, 5.74) is 2.92. The maximum absolute atomic E-state index is 12.2. The van der Waals surface area contributed by atoms with E-state index < -0.39 is 12.0 Å². The average molecular weight is 363 g/mol. The Kier molecular flexibility index (Phi) is 8.03. The molecule has 1 fully saturated rings. The minimum atomic E-state index is -1.01. The van der Waals surface area contributed by atoms with Crippen LogP contribution < -0.4 is 10.6 Å². The number of aliphatic carboxylic acids is 1. The van der Waals surface area contributed by atoms with Gasteiger partial charge < -0.3 is 20.5 Å². The summed E-state index contributed by atoms with van der Waals surface area (Å²) >= 11 is 0. The summed E-state index contributed by atoms with van der Waals surface area (Å²) in [4.78, 5) is 25.9. The highest BCUT2D eigenvalue weighted by molar-refractivity contribution is 5.94. The number of nitrogens with zero attached hydrogens (tertiary/aromatic N) is 1. The summed E-state index contributed by atoms with van der Waals surface area (Å²) in [7, 11) is 0. The molecule has 1 aromatic rings. The van der Waals surface area contributed by atoms with E-state index in [0.29, 0.717) is 12.2 Å². The third-order valence-electron chi connectivity index (χ3n) is 4.62. The number of benzene rings is 1. The molecule has 7 heteroatoms. The highest BCUT2D eigenvalue weighted by Gasteiger charge is 2.21. The van der Waals surface area contributed by atoms with Crippen molar-refractivity contribution in [3.8, 4) is 0 Å². The normalized spacial score (nSPS) is 16.2. The smallest absolute Gasteiger partial charge is 0.321 e. The van der Waals surface area contributed by atoms with E-state index in [1.54, 1.807) is 0 Å². The predicted octanol–water partition coefficient (Wildman–Crippen LogP) is 1.40. The Morgan fingerprint density at radius 3 is 2.62 bits per heavy atom. The molecule has 1 amide bonds. The number of nitrogens with one attached hydrogen (secondary N) is 2. The van der Waals surface area contributed by atoms with Crippen LogP contribution in [0.15, 0.2) is 18.2 Å². The molecule has 1 aliphatic heterocycles. The van der Waals surface area contributed by atoms with Gasteiger partial charge in [0.05, 0.1) is 19.6 Å². The van der Waals surface area contributed by atoms with E-state index in [1.165, 1.54) is 0 Å². The van der Waals surface area contributed by atoms with Crippen molar-refractivity contribution < 1.29 is 19.4 Å². The minimum absolute atomic E-state index is 0.0974. The first-order chi connectivity index (χ1) is 12.5. The van der Waals surface area contributed by atoms with Gasteiger partial charge in [-0.15, -0.1) is 0 Å². The highest BCUT2D eigenvalue weighted by Crippen LogP contribution is 2.14. The second-order valence-electron chi connectivity index (χ2n) is 6.70. The fourth-order valence-electron chi connectivity index (χ4n) is 2.87. The number of carboxylic acid groups (broad SMARTS) is 1. The molecule has 0 bridgehead atoms. The van der Waals surface area contributed by atoms with Gasteiger partial charge in [0.15, 0.2) is 0 Å². The molecule has 7 nitrogen and oxygen atoms in total. The average Bonchev–Trinajstić information content (AvgIpc) is 2.61. The summed E-state index contributed by atoms with van der Waals surface area (Å²) in [6, 6.07) is 4.76. The summed E-state index contributed by atoms with van der Waals surface area (Å²) in [6.07, 6.45) is 0.738. The molecule has 1 aliphatic rings. The minimum Gasteiger partial charge on any atom is -0.480 e. The van der Waals surface area contributed by atoms with Crippen LogP contribution in [-0.2, 0) is 14.3 Å². The van der Waals surface area contributed by atoms with Crippen LogP contribution in [0.4, 0.5) is 5.69 Å². The molecule has 0 radical (unpaired) electrons. The van der Waals surface area contributed by atoms with Crippen LogP contribution in [-0.4, -0.2) is 67.3 Å². The van der Waals surface area contributed by atoms with Gasteiger partial charge in [-0.25, -0.2) is 0 Å². The van der Waals surface area contributed by atoms with E-state index >= 15 is 0 Å². The van der Waals surface area contributed by atoms with Gasteiger partial charge in [-0.3, -0.25) is 14.5 Å². The fourth-order valence-corrected chi connectivity index (χ4v) is 2.87. The number of morpholine rings is 1. The van der Waals surface area contributed by atoms with Crippen LogP contribution in [0.2, 0.25) is 0 Å². The monoisotopic (exact) mass is 363 g/mol. The van der Waals surface area contributed by atoms with Crippen molar-refractivity contribution >= 4 is 17.6 Å². The predicted molar refractivity (Wildman–Crippen MR) is 100 cm³/mol. The Hall–Kier alpha value is -1.96. The van der Waals surface area contributed by atoms with Gasteiger partial charge in [0, 0.05) is 18.8 Å². The van der Waals surface area contributed by atoms with E-state index in [1.807, 2.05) is 32.0 Å². The van der Waals surface area contributed by atoms with E-state index in [2.05, 4.69) is 15.5 Å². The molecule has 0 saturated carbocycles. The molecule has 1 saturated heterocycles. The topological polar surface area (TPSA) is 90.9 Å². The molecular weight excluding hydrogens is 334 g/mol. The fraction of sp³-hybridized carbons (Fsp3) is 0.579. The van der Waals surface area contributed by atoms with E-state index in [-0.39, 0.29) is 12.3 Å². The van der Waals surface area contributed by atoms with Gasteiger partial charge >= 0.3 is 5.97 Å². The molecule has 1 aromatic carbocycles. The molecule has 3 N–H and O–H groups in total. The van der Waals surface area contributed by atoms with E-state index in [4.69, 9.17) is 4.74 Å². The lowest BCUT2D eigenvalue weighted by Crippen LogP contribution is -2.42. The maximum atomic E-state index is 12.2. The lowest BCUT2D eigenvalue weighted by molar-refractivity contribution is -0.141. The van der Waals surface area contributed by atoms with Crippen LogP contribution >= 0.6 is 0 Å². The van der Waals surface area contributed by atoms with Crippen molar-refractivity contribution in [2.75, 3.05) is 44.7 Å². The number of carboxylic acids is 1. The van der Waals surface area contributed by atoms with Gasteiger partial charge in [-0.1, -0.05) is 6.07 Å². The van der Waals surface area contributed by atoms with Crippen LogP contribution in [0.3, 0.4) is 0 Å². The van der Waals surface area contributed by atoms with Gasteiger partial charge in [0.2, 0.25) is 5.91 Å². The second kappa shape index (κ2) is 10.3. The zero-order valence-corrected chi connectivity index (χ0v) is 15.6. The number of aryl methyl sites for hydroxylation is 2. The lowest BCUT2D eigenvalue weighted by atomic mass is 10.1. The van der Waals surface area contributed by atoms with Gasteiger partial charge in [-0.05, 0) is 56.6 Å². The van der Waals surface area contributed by atoms with Crippen molar-refractivity contribution in [2.45, 2.75) is 32.7 Å². The Bertz CT molecular complexity index is 615. The van der Waals surface area contributed by atoms with Crippen LogP contribution in [0.25, 0.3) is 0 Å². The van der Waals surface area contributed by atoms with Crippen molar-refractivity contribution in [1.29, 1.82) is 0 Å². The Morgan fingerprint density at radius 1 is 1.23 bits per heavy atom. The summed E-state index contributed by atoms with van der Waals surface area (Å²) in [6.45, 7) is 8.78. The third kappa shape index (κ3) is 6.74. The number of carbonyl (C=O) groups excluding carboxylic acids is 1. The standard InChI is InChI=1S/C19H29N3O4/c1-14-4-5-16(12-15(14)2)21-18(23)13-17(19(24)25)20-6-3-7-22-8-10-26-11-9-22/h4-5,12,17,20H,3,6-11,13H2,1-2H3,(H,21,23)(H,24,25). The van der Waals surface area contributed by atoms with Crippen molar-refractivity contribution in [1.82, 2.24) is 10.2 Å². The number of amides is 1. The molecule has 0 aliphatic carbocycles. The number of rotatable bonds is 9. The first-order valence-electron chi connectivity index (χ1n) is 9.09. The van der Waals surface area contributed by atoms with Gasteiger partial charge in [0.1, 0.15) is 6.04 Å². The zero-order valence-electron chi connectivity index (χ0n) is 15.6. The molecule has 2 rings (SSSR count). The Morgan fingerprint density at radius 2 is 1.96 bits per heavy atom. The Labute approximate surface area is 154 Å². The summed E-state index contributed by atoms with van der Waals surface area (Å²) in [5.74, 6) is -1.31. The lowest BCUT2D eigenvalue weighted by Gasteiger charge is -2.26. The largest absolute Gasteiger partial charge is 0.480 e. The van der Waals surface area contributed by atoms with Crippen molar-refractivity contribution in [3.05, 3.63) is 29.3 Å². The van der Waals surface area contributed by atoms with Crippen LogP contribution in [0.5, 0.6) is 0 Å². The first kappa shape index (κ1) is 20.4.